The fourth-order valence-corrected chi connectivity index (χ4v) is 3.86. The molecule has 186 valence electrons. The Balaban J connectivity index is 1.73. The number of halogens is 2. The van der Waals surface area contributed by atoms with Crippen LogP contribution in [-0.4, -0.2) is 61.7 Å². The molecule has 1 heterocycles. The van der Waals surface area contributed by atoms with Crippen molar-refractivity contribution in [3.63, 3.8) is 0 Å². The van der Waals surface area contributed by atoms with Crippen LogP contribution in [0.5, 0.6) is 6.01 Å². The van der Waals surface area contributed by atoms with Gasteiger partial charge >= 0.3 is 12.0 Å². The lowest BCUT2D eigenvalue weighted by molar-refractivity contribution is -0.145. The Kier molecular flexibility index (Phi) is 9.72. The van der Waals surface area contributed by atoms with E-state index in [1.807, 2.05) is 68.4 Å². The molecule has 0 aliphatic carbocycles. The van der Waals surface area contributed by atoms with Crippen LogP contribution in [0.3, 0.4) is 0 Å². The topological polar surface area (TPSA) is 76.6 Å². The van der Waals surface area contributed by atoms with E-state index < -0.39 is 5.92 Å². The van der Waals surface area contributed by atoms with Gasteiger partial charge in [-0.15, -0.1) is 0 Å². The van der Waals surface area contributed by atoms with Gasteiger partial charge in [0.15, 0.2) is 0 Å². The van der Waals surface area contributed by atoms with Crippen LogP contribution in [0.4, 0.5) is 5.82 Å². The third-order valence-electron chi connectivity index (χ3n) is 5.42. The number of methoxy groups -OCH3 is 1. The summed E-state index contributed by atoms with van der Waals surface area (Å²) in [5.41, 5.74) is 3.37. The Labute approximate surface area is 216 Å². The minimum absolute atomic E-state index is 0.246. The van der Waals surface area contributed by atoms with Gasteiger partial charge in [0.1, 0.15) is 12.4 Å². The Morgan fingerprint density at radius 3 is 2.63 bits per heavy atom. The number of esters is 1. The van der Waals surface area contributed by atoms with Gasteiger partial charge in [-0.2, -0.15) is 9.97 Å². The van der Waals surface area contributed by atoms with Crippen LogP contribution in [0, 0.1) is 0 Å². The van der Waals surface area contributed by atoms with Crippen molar-refractivity contribution in [3.8, 4) is 17.3 Å². The predicted molar refractivity (Wildman–Crippen MR) is 141 cm³/mol. The number of carbonyl (C=O) groups excluding carboxylic acids is 1. The molecule has 1 atom stereocenters. The largest absolute Gasteiger partial charge is 0.467 e. The molecule has 0 bridgehead atoms. The summed E-state index contributed by atoms with van der Waals surface area (Å²) < 4.78 is 10.7. The van der Waals surface area contributed by atoms with Gasteiger partial charge in [0.05, 0.1) is 18.7 Å². The first-order valence-corrected chi connectivity index (χ1v) is 12.0. The zero-order valence-electron chi connectivity index (χ0n) is 20.3. The molecule has 0 saturated carbocycles. The molecule has 0 spiro atoms. The molecule has 0 amide bonds. The van der Waals surface area contributed by atoms with Gasteiger partial charge in [0, 0.05) is 34.8 Å². The molecule has 2 aromatic carbocycles. The van der Waals surface area contributed by atoms with E-state index in [0.717, 1.165) is 16.7 Å². The van der Waals surface area contributed by atoms with Gasteiger partial charge in [-0.05, 0) is 56.8 Å². The molecular weight excluding hydrogens is 487 g/mol. The Bertz CT molecular complexity index is 1160. The van der Waals surface area contributed by atoms with Crippen molar-refractivity contribution in [2.75, 3.05) is 46.2 Å². The highest BCUT2D eigenvalue weighted by Gasteiger charge is 2.18. The average molecular weight is 517 g/mol. The predicted octanol–water partition coefficient (Wildman–Crippen LogP) is 5.32. The first-order valence-electron chi connectivity index (χ1n) is 11.3. The second kappa shape index (κ2) is 12.7. The zero-order chi connectivity index (χ0) is 25.4. The van der Waals surface area contributed by atoms with Crippen LogP contribution in [0.2, 0.25) is 10.0 Å². The maximum atomic E-state index is 12.5. The lowest BCUT2D eigenvalue weighted by Gasteiger charge is -2.15. The maximum absolute atomic E-state index is 12.5. The molecule has 1 unspecified atom stereocenters. The van der Waals surface area contributed by atoms with Gasteiger partial charge in [0.25, 0.3) is 0 Å². The van der Waals surface area contributed by atoms with Gasteiger partial charge < -0.3 is 19.7 Å². The van der Waals surface area contributed by atoms with Crippen LogP contribution in [0.15, 0.2) is 48.5 Å². The second-order valence-corrected chi connectivity index (χ2v) is 9.20. The van der Waals surface area contributed by atoms with Crippen molar-refractivity contribution >= 4 is 35.0 Å². The van der Waals surface area contributed by atoms with Crippen molar-refractivity contribution < 1.29 is 14.3 Å². The number of benzene rings is 2. The number of carbonyl (C=O) groups is 1. The van der Waals surface area contributed by atoms with Gasteiger partial charge in [0.2, 0.25) is 0 Å². The van der Waals surface area contributed by atoms with Gasteiger partial charge in [-0.1, -0.05) is 47.5 Å². The highest BCUT2D eigenvalue weighted by Crippen LogP contribution is 2.27. The number of hydrogen-bond acceptors (Lipinski definition) is 7. The van der Waals surface area contributed by atoms with Gasteiger partial charge in [-0.25, -0.2) is 0 Å². The van der Waals surface area contributed by atoms with Gasteiger partial charge in [-0.3, -0.25) is 4.79 Å². The standard InChI is InChI=1S/C26H30Cl2N4O3/c1-17(25(33)35-13-12-32(2)3)19-6-5-7-20(14-19)23-16-24(31-26(30-23)34-4)29-11-10-18-8-9-21(27)15-22(18)28/h5-9,14-17H,10-13H2,1-4H3,(H,29,30,31). The fourth-order valence-electron chi connectivity index (χ4n) is 3.36. The SMILES string of the molecule is COc1nc(NCCc2ccc(Cl)cc2Cl)cc(-c2cccc(C(C)C(=O)OCCN(C)C)c2)n1. The molecule has 0 radical (unpaired) electrons. The van der Waals surface area contributed by atoms with Crippen LogP contribution in [0.1, 0.15) is 24.0 Å². The van der Waals surface area contributed by atoms with E-state index in [0.29, 0.717) is 47.7 Å². The van der Waals surface area contributed by atoms with E-state index in [4.69, 9.17) is 32.7 Å². The molecule has 1 N–H and O–H groups in total. The third kappa shape index (κ3) is 7.82. The highest BCUT2D eigenvalue weighted by molar-refractivity contribution is 6.35. The summed E-state index contributed by atoms with van der Waals surface area (Å²) in [4.78, 5) is 23.4. The summed E-state index contributed by atoms with van der Waals surface area (Å²) in [5.74, 6) is -0.0338. The summed E-state index contributed by atoms with van der Waals surface area (Å²) in [5, 5.41) is 4.54. The molecule has 3 aromatic rings. The van der Waals surface area contributed by atoms with Crippen molar-refractivity contribution in [3.05, 3.63) is 69.7 Å². The summed E-state index contributed by atoms with van der Waals surface area (Å²) in [6, 6.07) is 15.3. The van der Waals surface area contributed by atoms with Crippen LogP contribution in [0.25, 0.3) is 11.3 Å². The second-order valence-electron chi connectivity index (χ2n) is 8.36. The minimum Gasteiger partial charge on any atom is -0.467 e. The highest BCUT2D eigenvalue weighted by atomic mass is 35.5. The van der Waals surface area contributed by atoms with Crippen molar-refractivity contribution in [2.45, 2.75) is 19.3 Å². The minimum atomic E-state index is -0.400. The summed E-state index contributed by atoms with van der Waals surface area (Å²) in [6.07, 6.45) is 0.695. The molecule has 3 rings (SSSR count). The Morgan fingerprint density at radius 1 is 1.11 bits per heavy atom. The molecule has 0 saturated heterocycles. The van der Waals surface area contributed by atoms with Crippen molar-refractivity contribution in [1.29, 1.82) is 0 Å². The van der Waals surface area contributed by atoms with E-state index in [1.165, 1.54) is 7.11 Å². The first kappa shape index (κ1) is 26.7. The van der Waals surface area contributed by atoms with E-state index >= 15 is 0 Å². The smallest absolute Gasteiger partial charge is 0.318 e. The Hall–Kier alpha value is -2.87. The number of anilines is 1. The van der Waals surface area contributed by atoms with Crippen molar-refractivity contribution in [2.24, 2.45) is 0 Å². The lowest BCUT2D eigenvalue weighted by Crippen LogP contribution is -2.22. The monoisotopic (exact) mass is 516 g/mol. The molecule has 7 nitrogen and oxygen atoms in total. The van der Waals surface area contributed by atoms with E-state index in [-0.39, 0.29) is 12.0 Å². The van der Waals surface area contributed by atoms with Crippen molar-refractivity contribution in [1.82, 2.24) is 14.9 Å². The molecule has 35 heavy (non-hydrogen) atoms. The Morgan fingerprint density at radius 2 is 1.91 bits per heavy atom. The number of rotatable bonds is 11. The lowest BCUT2D eigenvalue weighted by atomic mass is 9.98. The third-order valence-corrected chi connectivity index (χ3v) is 6.01. The molecule has 0 fully saturated rings. The molecule has 0 aliphatic heterocycles. The molecule has 9 heteroatoms. The summed E-state index contributed by atoms with van der Waals surface area (Å²) in [7, 11) is 5.40. The molecular formula is C26H30Cl2N4O3. The first-order chi connectivity index (χ1) is 16.8. The normalized spacial score (nSPS) is 11.9. The number of nitrogens with one attached hydrogen (secondary N) is 1. The zero-order valence-corrected chi connectivity index (χ0v) is 21.9. The number of hydrogen-bond donors (Lipinski definition) is 1. The molecule has 0 aliphatic rings. The average Bonchev–Trinajstić information content (AvgIpc) is 2.84. The van der Waals surface area contributed by atoms with E-state index in [9.17, 15) is 4.79 Å². The maximum Gasteiger partial charge on any atom is 0.318 e. The van der Waals surface area contributed by atoms with E-state index in [1.54, 1.807) is 6.07 Å². The molecule has 1 aromatic heterocycles. The van der Waals surface area contributed by atoms with Crippen LogP contribution >= 0.6 is 23.2 Å². The summed E-state index contributed by atoms with van der Waals surface area (Å²) >= 11 is 12.3. The van der Waals surface area contributed by atoms with Crippen LogP contribution < -0.4 is 10.1 Å². The van der Waals surface area contributed by atoms with Crippen LogP contribution in [-0.2, 0) is 16.0 Å². The number of likely N-dealkylation sites (N-methyl/N-ethyl adjacent to an activating group) is 1. The van der Waals surface area contributed by atoms with E-state index in [2.05, 4.69) is 15.3 Å². The number of aromatic nitrogens is 2. The summed E-state index contributed by atoms with van der Waals surface area (Å²) in [6.45, 7) is 3.48. The number of ether oxygens (including phenoxy) is 2. The fraction of sp³-hybridized carbons (Fsp3) is 0.346. The quantitative estimate of drug-likeness (QED) is 0.345. The number of nitrogens with zero attached hydrogens (tertiary/aromatic N) is 3.